The Morgan fingerprint density at radius 2 is 2.22 bits per heavy atom. The summed E-state index contributed by atoms with van der Waals surface area (Å²) in [5.74, 6) is 1.24. The maximum Gasteiger partial charge on any atom is 0.128 e. The Morgan fingerprint density at radius 3 is 2.83 bits per heavy atom. The third-order valence-corrected chi connectivity index (χ3v) is 4.42. The molecular weight excluding hydrogens is 293 g/mol. The first-order valence-electron chi connectivity index (χ1n) is 6.80. The summed E-state index contributed by atoms with van der Waals surface area (Å²) in [7, 11) is 0. The minimum Gasteiger partial charge on any atom is -0.310 e. The summed E-state index contributed by atoms with van der Waals surface area (Å²) in [4.78, 5) is 0. The molecule has 1 aliphatic rings. The van der Waals surface area contributed by atoms with Crippen molar-refractivity contribution in [2.75, 3.05) is 6.54 Å². The Kier molecular flexibility index (Phi) is 4.79. The molecule has 1 fully saturated rings. The fraction of sp³-hybridized carbons (Fsp3) is 0.600. The molecule has 0 amide bonds. The highest BCUT2D eigenvalue weighted by Crippen LogP contribution is 2.40. The van der Waals surface area contributed by atoms with Crippen molar-refractivity contribution in [3.8, 4) is 0 Å². The van der Waals surface area contributed by atoms with Gasteiger partial charge in [0.05, 0.1) is 0 Å². The summed E-state index contributed by atoms with van der Waals surface area (Å²) in [5, 5.41) is 3.47. The zero-order valence-corrected chi connectivity index (χ0v) is 12.6. The molecule has 0 aromatic heterocycles. The van der Waals surface area contributed by atoms with E-state index in [4.69, 9.17) is 0 Å². The Hall–Kier alpha value is -0.410. The van der Waals surface area contributed by atoms with Gasteiger partial charge in [-0.05, 0) is 49.4 Å². The molecule has 100 valence electrons. The van der Waals surface area contributed by atoms with Crippen LogP contribution in [0, 0.1) is 17.7 Å². The Morgan fingerprint density at radius 1 is 1.44 bits per heavy atom. The topological polar surface area (TPSA) is 12.0 Å². The molecule has 3 atom stereocenters. The summed E-state index contributed by atoms with van der Waals surface area (Å²) in [5.41, 5.74) is 0.810. The highest BCUT2D eigenvalue weighted by atomic mass is 79.9. The number of rotatable bonds is 4. The van der Waals surface area contributed by atoms with Gasteiger partial charge in [-0.25, -0.2) is 4.39 Å². The van der Waals surface area contributed by atoms with Gasteiger partial charge in [0, 0.05) is 16.1 Å². The predicted octanol–water partition coefficient (Wildman–Crippen LogP) is 4.68. The van der Waals surface area contributed by atoms with E-state index in [0.29, 0.717) is 5.92 Å². The van der Waals surface area contributed by atoms with Gasteiger partial charge in [0.1, 0.15) is 5.82 Å². The van der Waals surface area contributed by atoms with Gasteiger partial charge in [0.2, 0.25) is 0 Å². The van der Waals surface area contributed by atoms with Crippen molar-refractivity contribution >= 4 is 15.9 Å². The molecule has 0 saturated heterocycles. The third-order valence-electron chi connectivity index (χ3n) is 3.92. The maximum absolute atomic E-state index is 14.0. The van der Waals surface area contributed by atoms with Gasteiger partial charge in [-0.2, -0.15) is 0 Å². The second-order valence-corrected chi connectivity index (χ2v) is 6.30. The summed E-state index contributed by atoms with van der Waals surface area (Å²) in [6.07, 6.45) is 3.66. The van der Waals surface area contributed by atoms with Crippen molar-refractivity contribution in [2.45, 2.75) is 39.2 Å². The van der Waals surface area contributed by atoms with Gasteiger partial charge in [-0.1, -0.05) is 36.2 Å². The lowest BCUT2D eigenvalue weighted by Crippen LogP contribution is -2.28. The quantitative estimate of drug-likeness (QED) is 0.851. The molecule has 2 rings (SSSR count). The highest BCUT2D eigenvalue weighted by molar-refractivity contribution is 9.10. The number of nitrogens with one attached hydrogen (secondary N) is 1. The third kappa shape index (κ3) is 3.12. The van der Waals surface area contributed by atoms with Crippen LogP contribution in [0.1, 0.15) is 44.7 Å². The van der Waals surface area contributed by atoms with E-state index >= 15 is 0 Å². The smallest absolute Gasteiger partial charge is 0.128 e. The molecule has 1 aromatic carbocycles. The summed E-state index contributed by atoms with van der Waals surface area (Å²) >= 11 is 3.44. The first kappa shape index (κ1) is 14.0. The van der Waals surface area contributed by atoms with Gasteiger partial charge in [-0.15, -0.1) is 0 Å². The highest BCUT2D eigenvalue weighted by Gasteiger charge is 2.30. The van der Waals surface area contributed by atoms with Gasteiger partial charge in [0.15, 0.2) is 0 Å². The van der Waals surface area contributed by atoms with Crippen LogP contribution < -0.4 is 5.32 Å². The lowest BCUT2D eigenvalue weighted by atomic mass is 9.90. The molecule has 0 radical (unpaired) electrons. The van der Waals surface area contributed by atoms with Crippen LogP contribution in [-0.2, 0) is 0 Å². The van der Waals surface area contributed by atoms with Crippen LogP contribution in [0.2, 0.25) is 0 Å². The molecule has 3 unspecified atom stereocenters. The van der Waals surface area contributed by atoms with E-state index < -0.39 is 0 Å². The molecule has 0 spiro atoms. The van der Waals surface area contributed by atoms with E-state index in [1.807, 2.05) is 6.07 Å². The molecular formula is C15H21BrFN. The van der Waals surface area contributed by atoms with Gasteiger partial charge >= 0.3 is 0 Å². The van der Waals surface area contributed by atoms with E-state index in [9.17, 15) is 4.39 Å². The second-order valence-electron chi connectivity index (χ2n) is 5.38. The first-order valence-corrected chi connectivity index (χ1v) is 7.59. The van der Waals surface area contributed by atoms with Crippen molar-refractivity contribution in [3.05, 3.63) is 34.1 Å². The van der Waals surface area contributed by atoms with Crippen LogP contribution in [0.15, 0.2) is 22.7 Å². The number of hydrogen-bond acceptors (Lipinski definition) is 1. The second kappa shape index (κ2) is 6.16. The molecule has 1 saturated carbocycles. The molecule has 1 aromatic rings. The Balaban J connectivity index is 2.26. The zero-order valence-electron chi connectivity index (χ0n) is 11.0. The zero-order chi connectivity index (χ0) is 13.1. The van der Waals surface area contributed by atoms with Gasteiger partial charge < -0.3 is 5.32 Å². The monoisotopic (exact) mass is 313 g/mol. The van der Waals surface area contributed by atoms with Crippen LogP contribution in [0.3, 0.4) is 0 Å². The molecule has 1 nitrogen and oxygen atoms in total. The number of hydrogen-bond donors (Lipinski definition) is 1. The maximum atomic E-state index is 14.0. The first-order chi connectivity index (χ1) is 8.61. The number of benzene rings is 1. The van der Waals surface area contributed by atoms with Crippen LogP contribution in [0.4, 0.5) is 4.39 Å². The average Bonchev–Trinajstić information content (AvgIpc) is 2.76. The van der Waals surface area contributed by atoms with Crippen LogP contribution in [-0.4, -0.2) is 6.54 Å². The lowest BCUT2D eigenvalue weighted by molar-refractivity contribution is 0.354. The van der Waals surface area contributed by atoms with Crippen LogP contribution >= 0.6 is 15.9 Å². The number of halogens is 2. The minimum absolute atomic E-state index is 0.0938. The minimum atomic E-state index is -0.0938. The largest absolute Gasteiger partial charge is 0.310 e. The SMILES string of the molecule is CCNC(c1cc(Br)ccc1F)C1CCC(C)C1. The lowest BCUT2D eigenvalue weighted by Gasteiger charge is -2.25. The standard InChI is InChI=1S/C15H21BrFN/c1-3-18-15(11-5-4-10(2)8-11)13-9-12(16)6-7-14(13)17/h6-7,9-11,15,18H,3-5,8H2,1-2H3. The Labute approximate surface area is 117 Å². The van der Waals surface area contributed by atoms with Crippen LogP contribution in [0.25, 0.3) is 0 Å². The fourth-order valence-corrected chi connectivity index (χ4v) is 3.44. The molecule has 0 aliphatic heterocycles. The van der Waals surface area contributed by atoms with Crippen molar-refractivity contribution in [1.29, 1.82) is 0 Å². The molecule has 0 heterocycles. The van der Waals surface area contributed by atoms with Crippen LogP contribution in [0.5, 0.6) is 0 Å². The summed E-state index contributed by atoms with van der Waals surface area (Å²) in [6, 6.07) is 5.39. The Bertz CT molecular complexity index is 407. The van der Waals surface area contributed by atoms with E-state index in [0.717, 1.165) is 22.5 Å². The molecule has 0 bridgehead atoms. The van der Waals surface area contributed by atoms with Crippen molar-refractivity contribution in [3.63, 3.8) is 0 Å². The summed E-state index contributed by atoms with van der Waals surface area (Å²) in [6.45, 7) is 5.25. The van der Waals surface area contributed by atoms with Crippen molar-refractivity contribution < 1.29 is 4.39 Å². The van der Waals surface area contributed by atoms with Crippen molar-refractivity contribution in [2.24, 2.45) is 11.8 Å². The molecule has 3 heteroatoms. The van der Waals surface area contributed by atoms with Gasteiger partial charge in [0.25, 0.3) is 0 Å². The fourth-order valence-electron chi connectivity index (χ4n) is 3.06. The van der Waals surface area contributed by atoms with E-state index in [1.165, 1.54) is 19.3 Å². The average molecular weight is 314 g/mol. The van der Waals surface area contributed by atoms with E-state index in [2.05, 4.69) is 35.1 Å². The van der Waals surface area contributed by atoms with E-state index in [1.54, 1.807) is 12.1 Å². The predicted molar refractivity (Wildman–Crippen MR) is 77.0 cm³/mol. The molecule has 18 heavy (non-hydrogen) atoms. The normalized spacial score (nSPS) is 25.3. The van der Waals surface area contributed by atoms with Crippen molar-refractivity contribution in [1.82, 2.24) is 5.32 Å². The summed E-state index contributed by atoms with van der Waals surface area (Å²) < 4.78 is 15.0. The molecule has 1 N–H and O–H groups in total. The van der Waals surface area contributed by atoms with E-state index in [-0.39, 0.29) is 11.9 Å². The van der Waals surface area contributed by atoms with Gasteiger partial charge in [-0.3, -0.25) is 0 Å². The molecule has 1 aliphatic carbocycles.